The van der Waals surface area contributed by atoms with Gasteiger partial charge in [0.1, 0.15) is 0 Å². The molecule has 1 aliphatic heterocycles. The van der Waals surface area contributed by atoms with Crippen molar-refractivity contribution in [1.82, 2.24) is 4.90 Å². The number of ether oxygens (including phenoxy) is 2. The minimum Gasteiger partial charge on any atom is -0.370 e. The molecule has 0 saturated carbocycles. The molecule has 1 aliphatic rings. The Morgan fingerprint density at radius 2 is 1.67 bits per heavy atom. The summed E-state index contributed by atoms with van der Waals surface area (Å²) in [6.45, 7) is 11.2. The summed E-state index contributed by atoms with van der Waals surface area (Å²) < 4.78 is 12.8. The molecule has 0 bridgehead atoms. The van der Waals surface area contributed by atoms with Crippen molar-refractivity contribution in [2.75, 3.05) is 26.3 Å². The van der Waals surface area contributed by atoms with Gasteiger partial charge in [-0.1, -0.05) is 46.3 Å². The fourth-order valence-corrected chi connectivity index (χ4v) is 2.93. The Kier molecular flexibility index (Phi) is 6.64. The molecule has 3 nitrogen and oxygen atoms in total. The van der Waals surface area contributed by atoms with E-state index in [0.29, 0.717) is 13.2 Å². The first-order valence-corrected chi connectivity index (χ1v) is 7.94. The topological polar surface area (TPSA) is 21.7 Å². The third-order valence-corrected chi connectivity index (χ3v) is 4.27. The number of halogens is 1. The number of nitrogens with zero attached hydrogens (tertiary/aromatic N) is 1. The van der Waals surface area contributed by atoms with Gasteiger partial charge in [0.05, 0.1) is 25.4 Å². The largest absolute Gasteiger partial charge is 0.370 e. The van der Waals surface area contributed by atoms with Crippen LogP contribution in [-0.2, 0) is 16.0 Å². The SMILES string of the molecule is C=CCO[C@H]1CN(Cc2ccccc2Br)C[C@@H]1OCC=C. The third kappa shape index (κ3) is 4.78. The van der Waals surface area contributed by atoms with Gasteiger partial charge in [-0.15, -0.1) is 13.2 Å². The second kappa shape index (κ2) is 8.49. The lowest BCUT2D eigenvalue weighted by atomic mass is 10.2. The van der Waals surface area contributed by atoms with E-state index >= 15 is 0 Å². The van der Waals surface area contributed by atoms with Gasteiger partial charge in [-0.3, -0.25) is 4.90 Å². The summed E-state index contributed by atoms with van der Waals surface area (Å²) in [7, 11) is 0. The highest BCUT2D eigenvalue weighted by atomic mass is 79.9. The van der Waals surface area contributed by atoms with Gasteiger partial charge < -0.3 is 9.47 Å². The van der Waals surface area contributed by atoms with Crippen molar-refractivity contribution in [3.63, 3.8) is 0 Å². The average Bonchev–Trinajstić information content (AvgIpc) is 2.87. The van der Waals surface area contributed by atoms with Gasteiger partial charge >= 0.3 is 0 Å². The average molecular weight is 352 g/mol. The molecule has 0 aliphatic carbocycles. The molecule has 0 spiro atoms. The van der Waals surface area contributed by atoms with Crippen LogP contribution in [0.2, 0.25) is 0 Å². The highest BCUT2D eigenvalue weighted by molar-refractivity contribution is 9.10. The molecule has 1 heterocycles. The van der Waals surface area contributed by atoms with Crippen LogP contribution in [0, 0.1) is 0 Å². The van der Waals surface area contributed by atoms with Crippen molar-refractivity contribution < 1.29 is 9.47 Å². The molecular formula is C17H22BrNO2. The summed E-state index contributed by atoms with van der Waals surface area (Å²) in [4.78, 5) is 2.36. The van der Waals surface area contributed by atoms with Crippen LogP contribution in [0.3, 0.4) is 0 Å². The summed E-state index contributed by atoms with van der Waals surface area (Å²) in [5.74, 6) is 0. The molecule has 0 radical (unpaired) electrons. The molecule has 0 aromatic heterocycles. The minimum absolute atomic E-state index is 0.0884. The Hall–Kier alpha value is -0.940. The lowest BCUT2D eigenvalue weighted by molar-refractivity contribution is -0.0293. The van der Waals surface area contributed by atoms with E-state index in [1.54, 1.807) is 12.2 Å². The van der Waals surface area contributed by atoms with Crippen molar-refractivity contribution in [2.24, 2.45) is 0 Å². The first-order valence-electron chi connectivity index (χ1n) is 7.15. The molecule has 2 atom stereocenters. The molecule has 1 fully saturated rings. The van der Waals surface area contributed by atoms with E-state index in [1.807, 2.05) is 6.07 Å². The highest BCUT2D eigenvalue weighted by Crippen LogP contribution is 2.23. The normalized spacial score (nSPS) is 22.3. The third-order valence-electron chi connectivity index (χ3n) is 3.50. The fourth-order valence-electron chi connectivity index (χ4n) is 2.52. The van der Waals surface area contributed by atoms with Gasteiger partial charge in [-0.05, 0) is 11.6 Å². The summed E-state index contributed by atoms with van der Waals surface area (Å²) in [5, 5.41) is 0. The maximum absolute atomic E-state index is 5.83. The second-order valence-electron chi connectivity index (χ2n) is 5.11. The Labute approximate surface area is 135 Å². The maximum atomic E-state index is 5.83. The van der Waals surface area contributed by atoms with Gasteiger partial charge in [0, 0.05) is 24.1 Å². The lowest BCUT2D eigenvalue weighted by Gasteiger charge is -2.17. The van der Waals surface area contributed by atoms with Gasteiger partial charge in [-0.25, -0.2) is 0 Å². The summed E-state index contributed by atoms with van der Waals surface area (Å²) in [5.41, 5.74) is 1.28. The number of hydrogen-bond acceptors (Lipinski definition) is 3. The van der Waals surface area contributed by atoms with Crippen molar-refractivity contribution in [1.29, 1.82) is 0 Å². The molecule has 0 amide bonds. The van der Waals surface area contributed by atoms with Gasteiger partial charge in [0.2, 0.25) is 0 Å². The van der Waals surface area contributed by atoms with Crippen LogP contribution in [0.1, 0.15) is 5.56 Å². The van der Waals surface area contributed by atoms with Crippen LogP contribution >= 0.6 is 15.9 Å². The Balaban J connectivity index is 1.96. The van der Waals surface area contributed by atoms with Crippen LogP contribution < -0.4 is 0 Å². The molecule has 1 saturated heterocycles. The standard InChI is InChI=1S/C17H22BrNO2/c1-3-9-20-16-12-19(13-17(16)21-10-4-2)11-14-7-5-6-8-15(14)18/h3-8,16-17H,1-2,9-13H2/t16-,17-/m0/s1. The molecule has 114 valence electrons. The quantitative estimate of drug-likeness (QED) is 0.670. The van der Waals surface area contributed by atoms with Crippen LogP contribution in [0.5, 0.6) is 0 Å². The second-order valence-corrected chi connectivity index (χ2v) is 5.96. The zero-order valence-corrected chi connectivity index (χ0v) is 13.8. The first kappa shape index (κ1) is 16.4. The predicted octanol–water partition coefficient (Wildman–Crippen LogP) is 3.41. The highest BCUT2D eigenvalue weighted by Gasteiger charge is 2.34. The van der Waals surface area contributed by atoms with E-state index in [-0.39, 0.29) is 12.2 Å². The van der Waals surface area contributed by atoms with Crippen LogP contribution in [0.25, 0.3) is 0 Å². The zero-order chi connectivity index (χ0) is 15.1. The van der Waals surface area contributed by atoms with E-state index in [2.05, 4.69) is 52.2 Å². The number of rotatable bonds is 8. The first-order chi connectivity index (χ1) is 10.2. The Morgan fingerprint density at radius 3 is 2.19 bits per heavy atom. The van der Waals surface area contributed by atoms with Crippen molar-refractivity contribution in [3.8, 4) is 0 Å². The van der Waals surface area contributed by atoms with Crippen LogP contribution in [0.15, 0.2) is 54.0 Å². The van der Waals surface area contributed by atoms with E-state index in [1.165, 1.54) is 5.56 Å². The molecular weight excluding hydrogens is 330 g/mol. The maximum Gasteiger partial charge on any atom is 0.0980 e. The van der Waals surface area contributed by atoms with E-state index < -0.39 is 0 Å². The summed E-state index contributed by atoms with van der Waals surface area (Å²) in [6, 6.07) is 8.31. The molecule has 4 heteroatoms. The molecule has 2 rings (SSSR count). The number of likely N-dealkylation sites (tertiary alicyclic amines) is 1. The molecule has 0 unspecified atom stereocenters. The molecule has 21 heavy (non-hydrogen) atoms. The van der Waals surface area contributed by atoms with Gasteiger partial charge in [-0.2, -0.15) is 0 Å². The molecule has 1 aromatic carbocycles. The summed E-state index contributed by atoms with van der Waals surface area (Å²) in [6.07, 6.45) is 3.73. The fraction of sp³-hybridized carbons (Fsp3) is 0.412. The van der Waals surface area contributed by atoms with E-state index in [9.17, 15) is 0 Å². The lowest BCUT2D eigenvalue weighted by Crippen LogP contribution is -2.30. The summed E-state index contributed by atoms with van der Waals surface area (Å²) >= 11 is 3.60. The molecule has 1 aromatic rings. The van der Waals surface area contributed by atoms with Crippen molar-refractivity contribution >= 4 is 15.9 Å². The van der Waals surface area contributed by atoms with Crippen LogP contribution in [-0.4, -0.2) is 43.4 Å². The van der Waals surface area contributed by atoms with E-state index in [4.69, 9.17) is 9.47 Å². The van der Waals surface area contributed by atoms with Crippen LogP contribution in [0.4, 0.5) is 0 Å². The Bertz CT molecular complexity index is 458. The predicted molar refractivity (Wildman–Crippen MR) is 89.3 cm³/mol. The van der Waals surface area contributed by atoms with Crippen molar-refractivity contribution in [2.45, 2.75) is 18.8 Å². The van der Waals surface area contributed by atoms with E-state index in [0.717, 1.165) is 24.1 Å². The minimum atomic E-state index is 0.0884. The Morgan fingerprint density at radius 1 is 1.10 bits per heavy atom. The number of hydrogen-bond donors (Lipinski definition) is 0. The van der Waals surface area contributed by atoms with Crippen molar-refractivity contribution in [3.05, 3.63) is 59.6 Å². The number of benzene rings is 1. The molecule has 0 N–H and O–H groups in total. The smallest absolute Gasteiger partial charge is 0.0980 e. The monoisotopic (exact) mass is 351 g/mol. The van der Waals surface area contributed by atoms with Gasteiger partial charge in [0.15, 0.2) is 0 Å². The zero-order valence-electron chi connectivity index (χ0n) is 12.2. The van der Waals surface area contributed by atoms with Gasteiger partial charge in [0.25, 0.3) is 0 Å².